The molecule has 20 heavy (non-hydrogen) atoms. The highest BCUT2D eigenvalue weighted by molar-refractivity contribution is 8.07. The fourth-order valence-corrected chi connectivity index (χ4v) is 5.93. The third kappa shape index (κ3) is 3.47. The monoisotopic (exact) mass is 334 g/mol. The number of aromatic nitrogens is 2. The van der Waals surface area contributed by atoms with Crippen molar-refractivity contribution in [2.75, 3.05) is 11.5 Å². The van der Waals surface area contributed by atoms with E-state index >= 15 is 0 Å². The first kappa shape index (κ1) is 16.5. The molecule has 1 saturated heterocycles. The van der Waals surface area contributed by atoms with Crippen LogP contribution in [0.25, 0.3) is 0 Å². The molecular formula is C13H23ClN4S2. The Labute approximate surface area is 134 Å². The standard InChI is InChI=1S/C13H23ClN4S2/c1-4-9-12(14)11(18(3)17-9)7-10(16-15)13-8(2)19-5-6-20-13/h8,10,13,16H,4-7,15H2,1-3H3. The summed E-state index contributed by atoms with van der Waals surface area (Å²) in [6, 6.07) is 0.223. The molecule has 1 aliphatic heterocycles. The van der Waals surface area contributed by atoms with Gasteiger partial charge in [-0.1, -0.05) is 25.4 Å². The molecule has 3 atom stereocenters. The number of hydrazine groups is 1. The zero-order chi connectivity index (χ0) is 14.7. The zero-order valence-electron chi connectivity index (χ0n) is 12.2. The number of hydrogen-bond donors (Lipinski definition) is 2. The molecule has 0 aliphatic carbocycles. The zero-order valence-corrected chi connectivity index (χ0v) is 14.6. The van der Waals surface area contributed by atoms with Crippen LogP contribution in [0.3, 0.4) is 0 Å². The van der Waals surface area contributed by atoms with Crippen molar-refractivity contribution in [2.24, 2.45) is 12.9 Å². The molecule has 7 heteroatoms. The average Bonchev–Trinajstić information content (AvgIpc) is 2.72. The molecule has 4 nitrogen and oxygen atoms in total. The van der Waals surface area contributed by atoms with Crippen molar-refractivity contribution in [2.45, 2.75) is 43.2 Å². The maximum absolute atomic E-state index is 6.44. The van der Waals surface area contributed by atoms with Gasteiger partial charge in [-0.25, -0.2) is 0 Å². The van der Waals surface area contributed by atoms with Crippen LogP contribution in [0.2, 0.25) is 5.02 Å². The van der Waals surface area contributed by atoms with Crippen molar-refractivity contribution < 1.29 is 0 Å². The molecule has 114 valence electrons. The van der Waals surface area contributed by atoms with Gasteiger partial charge in [0.25, 0.3) is 0 Å². The van der Waals surface area contributed by atoms with E-state index in [1.165, 1.54) is 11.5 Å². The molecule has 3 unspecified atom stereocenters. The van der Waals surface area contributed by atoms with E-state index in [0.717, 1.165) is 29.3 Å². The minimum absolute atomic E-state index is 0.223. The lowest BCUT2D eigenvalue weighted by atomic mass is 10.1. The van der Waals surface area contributed by atoms with E-state index in [2.05, 4.69) is 24.4 Å². The van der Waals surface area contributed by atoms with Gasteiger partial charge in [0, 0.05) is 41.5 Å². The number of nitrogens with zero attached hydrogens (tertiary/aromatic N) is 2. The molecule has 2 rings (SSSR count). The van der Waals surface area contributed by atoms with Crippen LogP contribution in [0.1, 0.15) is 25.2 Å². The van der Waals surface area contributed by atoms with Crippen LogP contribution in [-0.4, -0.2) is 37.8 Å². The van der Waals surface area contributed by atoms with Gasteiger partial charge in [0.1, 0.15) is 0 Å². The van der Waals surface area contributed by atoms with Crippen LogP contribution in [0.5, 0.6) is 0 Å². The smallest absolute Gasteiger partial charge is 0.0850 e. The van der Waals surface area contributed by atoms with Gasteiger partial charge in [-0.15, -0.1) is 0 Å². The third-order valence-electron chi connectivity index (χ3n) is 3.76. The predicted octanol–water partition coefficient (Wildman–Crippen LogP) is 2.25. The van der Waals surface area contributed by atoms with Gasteiger partial charge in [-0.05, 0) is 6.42 Å². The van der Waals surface area contributed by atoms with E-state index in [0.29, 0.717) is 10.5 Å². The summed E-state index contributed by atoms with van der Waals surface area (Å²) in [5.74, 6) is 8.23. The van der Waals surface area contributed by atoms with Gasteiger partial charge >= 0.3 is 0 Å². The molecule has 1 fully saturated rings. The Bertz CT molecular complexity index is 452. The van der Waals surface area contributed by atoms with Crippen molar-refractivity contribution in [3.63, 3.8) is 0 Å². The Hall–Kier alpha value is 0.120. The molecule has 3 N–H and O–H groups in total. The largest absolute Gasteiger partial charge is 0.271 e. The number of rotatable bonds is 5. The van der Waals surface area contributed by atoms with Crippen LogP contribution in [0, 0.1) is 0 Å². The molecule has 0 saturated carbocycles. The van der Waals surface area contributed by atoms with Crippen molar-refractivity contribution in [1.29, 1.82) is 0 Å². The summed E-state index contributed by atoms with van der Waals surface area (Å²) in [7, 11) is 1.96. The average molecular weight is 335 g/mol. The van der Waals surface area contributed by atoms with Crippen LogP contribution >= 0.6 is 35.1 Å². The van der Waals surface area contributed by atoms with Crippen molar-refractivity contribution >= 4 is 35.1 Å². The normalized spacial score (nSPS) is 24.9. The van der Waals surface area contributed by atoms with E-state index in [9.17, 15) is 0 Å². The topological polar surface area (TPSA) is 55.9 Å². The summed E-state index contributed by atoms with van der Waals surface area (Å²) in [4.78, 5) is 0. The van der Waals surface area contributed by atoms with Gasteiger partial charge in [0.05, 0.1) is 16.4 Å². The molecule has 1 aliphatic rings. The van der Waals surface area contributed by atoms with Crippen LogP contribution in [0.4, 0.5) is 0 Å². The lowest BCUT2D eigenvalue weighted by molar-refractivity contribution is 0.487. The van der Waals surface area contributed by atoms with Gasteiger partial charge in [-0.3, -0.25) is 16.0 Å². The Morgan fingerprint density at radius 3 is 2.75 bits per heavy atom. The molecule has 0 amide bonds. The van der Waals surface area contributed by atoms with Crippen molar-refractivity contribution in [1.82, 2.24) is 15.2 Å². The number of halogens is 1. The minimum Gasteiger partial charge on any atom is -0.271 e. The van der Waals surface area contributed by atoms with Gasteiger partial charge < -0.3 is 0 Å². The fourth-order valence-electron chi connectivity index (χ4n) is 2.61. The van der Waals surface area contributed by atoms with E-state index in [-0.39, 0.29) is 6.04 Å². The van der Waals surface area contributed by atoms with E-state index in [1.807, 2.05) is 35.3 Å². The summed E-state index contributed by atoms with van der Waals surface area (Å²) in [6.45, 7) is 4.36. The van der Waals surface area contributed by atoms with E-state index in [4.69, 9.17) is 17.4 Å². The Kier molecular flexibility index (Phi) is 6.10. The van der Waals surface area contributed by atoms with Gasteiger partial charge in [0.2, 0.25) is 0 Å². The fraction of sp³-hybridized carbons (Fsp3) is 0.769. The molecule has 2 heterocycles. The number of nitrogens with two attached hydrogens (primary N) is 1. The van der Waals surface area contributed by atoms with Gasteiger partial charge in [0.15, 0.2) is 0 Å². The van der Waals surface area contributed by atoms with Crippen LogP contribution < -0.4 is 11.3 Å². The second-order valence-electron chi connectivity index (χ2n) is 5.07. The number of thioether (sulfide) groups is 2. The maximum Gasteiger partial charge on any atom is 0.0850 e. The Morgan fingerprint density at radius 2 is 2.20 bits per heavy atom. The molecular weight excluding hydrogens is 312 g/mol. The molecule has 0 spiro atoms. The second-order valence-corrected chi connectivity index (χ2v) is 8.22. The van der Waals surface area contributed by atoms with Crippen molar-refractivity contribution in [3.8, 4) is 0 Å². The highest BCUT2D eigenvalue weighted by atomic mass is 35.5. The number of nitrogens with one attached hydrogen (secondary N) is 1. The Morgan fingerprint density at radius 1 is 1.50 bits per heavy atom. The van der Waals surface area contributed by atoms with Crippen LogP contribution in [0.15, 0.2) is 0 Å². The first-order valence-electron chi connectivity index (χ1n) is 6.98. The molecule has 1 aromatic rings. The SMILES string of the molecule is CCc1nn(C)c(CC(NN)C2SCCSC2C)c1Cl. The van der Waals surface area contributed by atoms with Gasteiger partial charge in [-0.2, -0.15) is 28.6 Å². The third-order valence-corrected chi connectivity index (χ3v) is 7.45. The predicted molar refractivity (Wildman–Crippen MR) is 90.6 cm³/mol. The molecule has 0 bridgehead atoms. The minimum atomic E-state index is 0.223. The number of hydrogen-bond acceptors (Lipinski definition) is 5. The maximum atomic E-state index is 6.44. The first-order valence-corrected chi connectivity index (χ1v) is 9.45. The second kappa shape index (κ2) is 7.40. The highest BCUT2D eigenvalue weighted by Crippen LogP contribution is 2.34. The van der Waals surface area contributed by atoms with Crippen molar-refractivity contribution in [3.05, 3.63) is 16.4 Å². The summed E-state index contributed by atoms with van der Waals surface area (Å²) in [6.07, 6.45) is 1.68. The summed E-state index contributed by atoms with van der Waals surface area (Å²) < 4.78 is 1.90. The Balaban J connectivity index is 2.15. The molecule has 1 aromatic heterocycles. The highest BCUT2D eigenvalue weighted by Gasteiger charge is 2.31. The lowest BCUT2D eigenvalue weighted by Crippen LogP contribution is -2.49. The van der Waals surface area contributed by atoms with E-state index < -0.39 is 0 Å². The quantitative estimate of drug-likeness (QED) is 0.639. The summed E-state index contributed by atoms with van der Waals surface area (Å²) in [5.41, 5.74) is 5.05. The summed E-state index contributed by atoms with van der Waals surface area (Å²) in [5, 5.41) is 6.40. The summed E-state index contributed by atoms with van der Waals surface area (Å²) >= 11 is 10.5. The van der Waals surface area contributed by atoms with E-state index in [1.54, 1.807) is 0 Å². The lowest BCUT2D eigenvalue weighted by Gasteiger charge is -2.34. The molecule has 0 aromatic carbocycles. The number of aryl methyl sites for hydroxylation is 2. The first-order chi connectivity index (χ1) is 9.58. The van der Waals surface area contributed by atoms with Crippen LogP contribution in [-0.2, 0) is 19.9 Å². The molecule has 0 radical (unpaired) electrons.